The number of nitrogens with zero attached hydrogens (tertiary/aromatic N) is 1. The van der Waals surface area contributed by atoms with Gasteiger partial charge in [0.2, 0.25) is 5.91 Å². The van der Waals surface area contributed by atoms with Gasteiger partial charge in [-0.15, -0.1) is 0 Å². The maximum atomic E-state index is 12.3. The Morgan fingerprint density at radius 2 is 2.14 bits per heavy atom. The van der Waals surface area contributed by atoms with Crippen molar-refractivity contribution in [2.24, 2.45) is 5.73 Å². The van der Waals surface area contributed by atoms with E-state index in [1.165, 1.54) is 6.07 Å². The topological polar surface area (TPSA) is 147 Å². The van der Waals surface area contributed by atoms with Gasteiger partial charge in [0.15, 0.2) is 0 Å². The molecule has 0 saturated carbocycles. The number of aromatic nitrogens is 1. The fourth-order valence-corrected chi connectivity index (χ4v) is 2.99. The predicted octanol–water partition coefficient (Wildman–Crippen LogP) is -0.167. The van der Waals surface area contributed by atoms with Gasteiger partial charge in [-0.2, -0.15) is 0 Å². The van der Waals surface area contributed by atoms with Gasteiger partial charge in [0, 0.05) is 19.3 Å². The molecule has 2 aromatic rings. The van der Waals surface area contributed by atoms with Crippen LogP contribution >= 0.6 is 0 Å². The number of carboxylic acid groups (broad SMARTS) is 1. The van der Waals surface area contributed by atoms with Crippen molar-refractivity contribution < 1.29 is 24.4 Å². The van der Waals surface area contributed by atoms with Crippen molar-refractivity contribution in [3.8, 4) is 5.75 Å². The number of carboxylic acids is 1. The summed E-state index contributed by atoms with van der Waals surface area (Å²) in [4.78, 5) is 27.8. The number of pyridine rings is 1. The summed E-state index contributed by atoms with van der Waals surface area (Å²) >= 11 is 0. The molecule has 1 atom stereocenters. The molecule has 2 heterocycles. The van der Waals surface area contributed by atoms with E-state index in [-0.39, 0.29) is 30.1 Å². The van der Waals surface area contributed by atoms with Crippen LogP contribution in [0.15, 0.2) is 36.5 Å². The number of benzene rings is 1. The molecular weight excluding hydrogens is 363 g/mol. The Kier molecular flexibility index (Phi) is 6.12. The molecular formula is C18H21BN4O5. The lowest BCUT2D eigenvalue weighted by atomic mass is 9.72. The van der Waals surface area contributed by atoms with E-state index in [4.69, 9.17) is 10.4 Å². The summed E-state index contributed by atoms with van der Waals surface area (Å²) in [7, 11) is -1.34. The number of anilines is 1. The average Bonchev–Trinajstić information content (AvgIpc) is 2.67. The van der Waals surface area contributed by atoms with Gasteiger partial charge >= 0.3 is 13.1 Å². The first kappa shape index (κ1) is 19.7. The predicted molar refractivity (Wildman–Crippen MR) is 103 cm³/mol. The second kappa shape index (κ2) is 8.72. The number of para-hydroxylation sites is 1. The minimum absolute atomic E-state index is 0.0178. The Labute approximate surface area is 162 Å². The lowest BCUT2D eigenvalue weighted by Gasteiger charge is -2.28. The second-order valence-corrected chi connectivity index (χ2v) is 6.43. The first-order valence-corrected chi connectivity index (χ1v) is 8.86. The van der Waals surface area contributed by atoms with Gasteiger partial charge in [-0.05, 0) is 29.7 Å². The number of rotatable bonds is 7. The molecule has 0 spiro atoms. The van der Waals surface area contributed by atoms with Crippen LogP contribution in [-0.2, 0) is 17.6 Å². The molecule has 3 rings (SSSR count). The third-order valence-corrected chi connectivity index (χ3v) is 4.34. The Morgan fingerprint density at radius 1 is 1.32 bits per heavy atom. The molecule has 10 heteroatoms. The number of hydrogen-bond donors (Lipinski definition) is 5. The van der Waals surface area contributed by atoms with E-state index >= 15 is 0 Å². The molecule has 9 nitrogen and oxygen atoms in total. The highest BCUT2D eigenvalue weighted by Gasteiger charge is 2.37. The Hall–Kier alpha value is -3.11. The number of carbonyl (C=O) groups is 2. The van der Waals surface area contributed by atoms with Crippen LogP contribution < -0.4 is 21.0 Å². The highest BCUT2D eigenvalue weighted by atomic mass is 16.5. The van der Waals surface area contributed by atoms with Gasteiger partial charge in [-0.3, -0.25) is 4.79 Å². The van der Waals surface area contributed by atoms with Crippen LogP contribution in [0.2, 0.25) is 0 Å². The molecule has 6 N–H and O–H groups in total. The summed E-state index contributed by atoms with van der Waals surface area (Å²) < 4.78 is 5.37. The molecule has 146 valence electrons. The van der Waals surface area contributed by atoms with Crippen molar-refractivity contribution in [1.82, 2.24) is 10.3 Å². The van der Waals surface area contributed by atoms with Gasteiger partial charge in [-0.25, -0.2) is 9.78 Å². The summed E-state index contributed by atoms with van der Waals surface area (Å²) in [5.74, 6) is -1.30. The maximum Gasteiger partial charge on any atom is 0.547 e. The van der Waals surface area contributed by atoms with E-state index in [1.54, 1.807) is 30.5 Å². The average molecular weight is 384 g/mol. The fraction of sp³-hybridized carbons (Fsp3) is 0.278. The maximum absolute atomic E-state index is 12.3. The molecule has 0 radical (unpaired) electrons. The minimum atomic E-state index is -1.34. The minimum Gasteiger partial charge on any atom is -0.534 e. The number of carbonyl (C=O) groups excluding carboxylic acids is 1. The lowest BCUT2D eigenvalue weighted by Crippen LogP contribution is -2.53. The molecule has 0 aliphatic carbocycles. The van der Waals surface area contributed by atoms with Gasteiger partial charge in [0.1, 0.15) is 11.6 Å². The van der Waals surface area contributed by atoms with E-state index in [1.807, 2.05) is 0 Å². The zero-order valence-electron chi connectivity index (χ0n) is 15.1. The van der Waals surface area contributed by atoms with Gasteiger partial charge in [0.05, 0.1) is 17.9 Å². The summed E-state index contributed by atoms with van der Waals surface area (Å²) in [6.45, 7) is 1.10. The number of fused-ring (bicyclic) bond motifs is 1. The van der Waals surface area contributed by atoms with Crippen LogP contribution in [0.1, 0.15) is 21.5 Å². The van der Waals surface area contributed by atoms with Crippen molar-refractivity contribution in [1.29, 1.82) is 0 Å². The van der Waals surface area contributed by atoms with E-state index in [0.29, 0.717) is 24.5 Å². The van der Waals surface area contributed by atoms with Crippen LogP contribution in [0.5, 0.6) is 5.75 Å². The standard InChI is InChI=1S/C18H21BN4O5/c20-6-7-21-15-5-4-11(10-22-15)8-16(24)23-14-9-12-2-1-3-13(18(25)26)17(12)28-19(14)27/h1-5,10,14,27H,6-9,20H2,(H,21,22)(H,23,24)(H,25,26). The smallest absolute Gasteiger partial charge is 0.534 e. The highest BCUT2D eigenvalue weighted by Crippen LogP contribution is 2.30. The number of nitrogens with two attached hydrogens (primary N) is 1. The fourth-order valence-electron chi connectivity index (χ4n) is 2.99. The SMILES string of the molecule is NCCNc1ccc(CC(=O)NC2Cc3cccc(C(=O)O)c3OB2O)cn1. The van der Waals surface area contributed by atoms with Crippen LogP contribution in [-0.4, -0.2) is 53.1 Å². The highest BCUT2D eigenvalue weighted by molar-refractivity contribution is 6.47. The van der Waals surface area contributed by atoms with E-state index in [0.717, 1.165) is 5.56 Å². The number of nitrogens with one attached hydrogen (secondary N) is 2. The molecule has 1 aliphatic heterocycles. The molecule has 0 fully saturated rings. The third-order valence-electron chi connectivity index (χ3n) is 4.34. The second-order valence-electron chi connectivity index (χ2n) is 6.43. The molecule has 1 amide bonds. The van der Waals surface area contributed by atoms with Crippen molar-refractivity contribution in [3.05, 3.63) is 53.2 Å². The summed E-state index contributed by atoms with van der Waals surface area (Å²) in [5, 5.41) is 25.2. The molecule has 1 aromatic heterocycles. The molecule has 0 bridgehead atoms. The van der Waals surface area contributed by atoms with E-state index < -0.39 is 19.0 Å². The van der Waals surface area contributed by atoms with Gasteiger partial charge in [-0.1, -0.05) is 18.2 Å². The Balaban J connectivity index is 1.61. The largest absolute Gasteiger partial charge is 0.547 e. The Bertz CT molecular complexity index is 862. The van der Waals surface area contributed by atoms with Crippen LogP contribution in [0, 0.1) is 0 Å². The van der Waals surface area contributed by atoms with Crippen LogP contribution in [0.25, 0.3) is 0 Å². The number of aromatic carboxylic acids is 1. The number of hydrogen-bond acceptors (Lipinski definition) is 7. The normalized spacial score (nSPS) is 15.4. The van der Waals surface area contributed by atoms with Crippen molar-refractivity contribution >= 4 is 24.8 Å². The first-order valence-electron chi connectivity index (χ1n) is 8.86. The zero-order valence-corrected chi connectivity index (χ0v) is 15.1. The summed E-state index contributed by atoms with van der Waals surface area (Å²) in [5.41, 5.74) is 6.74. The summed E-state index contributed by atoms with van der Waals surface area (Å²) in [6, 6.07) is 8.28. The molecule has 28 heavy (non-hydrogen) atoms. The molecule has 1 unspecified atom stereocenters. The quantitative estimate of drug-likeness (QED) is 0.414. The van der Waals surface area contributed by atoms with Crippen LogP contribution in [0.3, 0.4) is 0 Å². The van der Waals surface area contributed by atoms with Gasteiger partial charge in [0.25, 0.3) is 0 Å². The monoisotopic (exact) mass is 384 g/mol. The lowest BCUT2D eigenvalue weighted by molar-refractivity contribution is -0.120. The molecule has 1 aliphatic rings. The molecule has 1 aromatic carbocycles. The number of amides is 1. The third kappa shape index (κ3) is 4.59. The van der Waals surface area contributed by atoms with E-state index in [9.17, 15) is 19.7 Å². The van der Waals surface area contributed by atoms with Gasteiger partial charge < -0.3 is 31.2 Å². The van der Waals surface area contributed by atoms with Crippen LogP contribution in [0.4, 0.5) is 5.82 Å². The Morgan fingerprint density at radius 3 is 2.82 bits per heavy atom. The van der Waals surface area contributed by atoms with Crippen molar-refractivity contribution in [2.75, 3.05) is 18.4 Å². The first-order chi connectivity index (χ1) is 13.5. The van der Waals surface area contributed by atoms with Crippen molar-refractivity contribution in [3.63, 3.8) is 0 Å². The molecule has 0 saturated heterocycles. The summed E-state index contributed by atoms with van der Waals surface area (Å²) in [6.07, 6.45) is 1.96. The van der Waals surface area contributed by atoms with E-state index in [2.05, 4.69) is 15.6 Å². The van der Waals surface area contributed by atoms with Crippen molar-refractivity contribution in [2.45, 2.75) is 18.8 Å². The zero-order chi connectivity index (χ0) is 20.1.